The van der Waals surface area contributed by atoms with Crippen LogP contribution in [0.4, 0.5) is 5.69 Å². The fourth-order valence-electron chi connectivity index (χ4n) is 3.58. The zero-order valence-corrected chi connectivity index (χ0v) is 17.7. The number of carbonyl (C=O) groups excluding carboxylic acids is 3. The third kappa shape index (κ3) is 3.91. The van der Waals surface area contributed by atoms with E-state index in [2.05, 4.69) is 0 Å². The van der Waals surface area contributed by atoms with Crippen LogP contribution in [0.15, 0.2) is 66.0 Å². The molecule has 1 fully saturated rings. The highest BCUT2D eigenvalue weighted by atomic mass is 32.1. The number of imide groups is 1. The molecule has 6 heteroatoms. The summed E-state index contributed by atoms with van der Waals surface area (Å²) in [5.41, 5.74) is 3.14. The highest BCUT2D eigenvalue weighted by Gasteiger charge is 2.44. The van der Waals surface area contributed by atoms with Gasteiger partial charge in [-0.25, -0.2) is 4.90 Å². The number of nitrogens with zero attached hydrogens (tertiary/aromatic N) is 2. The van der Waals surface area contributed by atoms with Gasteiger partial charge in [0.05, 0.1) is 18.7 Å². The largest absolute Gasteiger partial charge is 0.321 e. The summed E-state index contributed by atoms with van der Waals surface area (Å²) in [6, 6.07) is 17.5. The standard InChI is InChI=1S/C24H22N2O3S/c1-16-5-9-18(10-6-16)23(28)25(15-20-4-3-13-30-20)21-14-22(27)26(24(21)29)19-11-7-17(2)8-12-19/h3-13,21H,14-15H2,1-2H3. The molecule has 2 heterocycles. The van der Waals surface area contributed by atoms with Crippen molar-refractivity contribution in [3.63, 3.8) is 0 Å². The smallest absolute Gasteiger partial charge is 0.257 e. The number of benzene rings is 2. The lowest BCUT2D eigenvalue weighted by molar-refractivity contribution is -0.122. The summed E-state index contributed by atoms with van der Waals surface area (Å²) in [6.45, 7) is 4.19. The van der Waals surface area contributed by atoms with E-state index in [1.807, 2.05) is 55.6 Å². The van der Waals surface area contributed by atoms with Gasteiger partial charge in [-0.3, -0.25) is 14.4 Å². The molecular weight excluding hydrogens is 396 g/mol. The van der Waals surface area contributed by atoms with Crippen molar-refractivity contribution in [1.29, 1.82) is 0 Å². The van der Waals surface area contributed by atoms with E-state index in [-0.39, 0.29) is 30.7 Å². The maximum Gasteiger partial charge on any atom is 0.257 e. The van der Waals surface area contributed by atoms with Gasteiger partial charge in [-0.15, -0.1) is 11.3 Å². The predicted octanol–water partition coefficient (Wildman–Crippen LogP) is 4.34. The molecule has 1 atom stereocenters. The third-order valence-corrected chi connectivity index (χ3v) is 6.12. The molecule has 1 aliphatic rings. The Hall–Kier alpha value is -3.25. The van der Waals surface area contributed by atoms with Crippen molar-refractivity contribution in [2.24, 2.45) is 0 Å². The van der Waals surface area contributed by atoms with Crippen LogP contribution in [0.3, 0.4) is 0 Å². The minimum atomic E-state index is -0.824. The first-order valence-corrected chi connectivity index (χ1v) is 10.7. The molecule has 30 heavy (non-hydrogen) atoms. The van der Waals surface area contributed by atoms with Gasteiger partial charge in [0.2, 0.25) is 5.91 Å². The second-order valence-electron chi connectivity index (χ2n) is 7.50. The summed E-state index contributed by atoms with van der Waals surface area (Å²) in [4.78, 5) is 43.1. The van der Waals surface area contributed by atoms with E-state index in [1.54, 1.807) is 24.3 Å². The van der Waals surface area contributed by atoms with E-state index in [4.69, 9.17) is 0 Å². The average Bonchev–Trinajstić information content (AvgIpc) is 3.35. The Labute approximate surface area is 179 Å². The third-order valence-electron chi connectivity index (χ3n) is 5.26. The fraction of sp³-hybridized carbons (Fsp3) is 0.208. The van der Waals surface area contributed by atoms with Crippen molar-refractivity contribution >= 4 is 34.7 Å². The lowest BCUT2D eigenvalue weighted by Gasteiger charge is -2.27. The Kier molecular flexibility index (Phi) is 5.50. The van der Waals surface area contributed by atoms with E-state index >= 15 is 0 Å². The zero-order chi connectivity index (χ0) is 21.3. The zero-order valence-electron chi connectivity index (χ0n) is 16.9. The lowest BCUT2D eigenvalue weighted by atomic mass is 10.1. The van der Waals surface area contributed by atoms with E-state index in [0.717, 1.165) is 16.0 Å². The van der Waals surface area contributed by atoms with Crippen LogP contribution in [-0.2, 0) is 16.1 Å². The molecular formula is C24H22N2O3S. The first-order valence-electron chi connectivity index (χ1n) is 9.77. The van der Waals surface area contributed by atoms with E-state index < -0.39 is 6.04 Å². The molecule has 152 valence electrons. The van der Waals surface area contributed by atoms with Gasteiger partial charge in [-0.1, -0.05) is 41.5 Å². The molecule has 5 nitrogen and oxygen atoms in total. The number of carbonyl (C=O) groups is 3. The molecule has 1 aromatic heterocycles. The number of aryl methyl sites for hydroxylation is 2. The van der Waals surface area contributed by atoms with Gasteiger partial charge in [-0.05, 0) is 49.6 Å². The summed E-state index contributed by atoms with van der Waals surface area (Å²) in [7, 11) is 0. The predicted molar refractivity (Wildman–Crippen MR) is 117 cm³/mol. The topological polar surface area (TPSA) is 57.7 Å². The molecule has 0 aliphatic carbocycles. The Bertz CT molecular complexity index is 1070. The summed E-state index contributed by atoms with van der Waals surface area (Å²) in [5, 5.41) is 1.93. The van der Waals surface area contributed by atoms with Crippen molar-refractivity contribution in [3.05, 3.63) is 87.6 Å². The highest BCUT2D eigenvalue weighted by molar-refractivity contribution is 7.09. The first-order chi connectivity index (χ1) is 14.4. The number of amides is 3. The Balaban J connectivity index is 1.67. The fourth-order valence-corrected chi connectivity index (χ4v) is 4.28. The molecule has 0 radical (unpaired) electrons. The van der Waals surface area contributed by atoms with Crippen LogP contribution in [0.2, 0.25) is 0 Å². The summed E-state index contributed by atoms with van der Waals surface area (Å²) < 4.78 is 0. The van der Waals surface area contributed by atoms with Crippen LogP contribution in [0.1, 0.15) is 32.8 Å². The van der Waals surface area contributed by atoms with Crippen molar-refractivity contribution in [3.8, 4) is 0 Å². The first kappa shape index (κ1) is 20.0. The molecule has 1 aliphatic heterocycles. The maximum atomic E-state index is 13.4. The highest BCUT2D eigenvalue weighted by Crippen LogP contribution is 2.28. The van der Waals surface area contributed by atoms with E-state index in [0.29, 0.717) is 11.3 Å². The number of anilines is 1. The SMILES string of the molecule is Cc1ccc(C(=O)N(Cc2cccs2)C2CC(=O)N(c3ccc(C)cc3)C2=O)cc1. The van der Waals surface area contributed by atoms with Gasteiger partial charge in [0.1, 0.15) is 6.04 Å². The second-order valence-corrected chi connectivity index (χ2v) is 8.53. The minimum absolute atomic E-state index is 0.0182. The van der Waals surface area contributed by atoms with Gasteiger partial charge in [0.15, 0.2) is 0 Å². The molecule has 0 N–H and O–H groups in total. The van der Waals surface area contributed by atoms with Crippen LogP contribution in [0.5, 0.6) is 0 Å². The van der Waals surface area contributed by atoms with Crippen LogP contribution in [-0.4, -0.2) is 28.7 Å². The van der Waals surface area contributed by atoms with Crippen molar-refractivity contribution in [2.75, 3.05) is 4.90 Å². The van der Waals surface area contributed by atoms with Crippen LogP contribution in [0.25, 0.3) is 0 Å². The van der Waals surface area contributed by atoms with Crippen LogP contribution >= 0.6 is 11.3 Å². The molecule has 3 aromatic rings. The monoisotopic (exact) mass is 418 g/mol. The maximum absolute atomic E-state index is 13.4. The van der Waals surface area contributed by atoms with E-state index in [9.17, 15) is 14.4 Å². The van der Waals surface area contributed by atoms with E-state index in [1.165, 1.54) is 21.1 Å². The van der Waals surface area contributed by atoms with Crippen LogP contribution in [0, 0.1) is 13.8 Å². The van der Waals surface area contributed by atoms with Gasteiger partial charge in [-0.2, -0.15) is 0 Å². The quantitative estimate of drug-likeness (QED) is 0.579. The molecule has 2 aromatic carbocycles. The minimum Gasteiger partial charge on any atom is -0.321 e. The summed E-state index contributed by atoms with van der Waals surface area (Å²) >= 11 is 1.52. The van der Waals surface area contributed by atoms with Crippen LogP contribution < -0.4 is 4.90 Å². The molecule has 3 amide bonds. The van der Waals surface area contributed by atoms with Crippen molar-refractivity contribution < 1.29 is 14.4 Å². The number of rotatable bonds is 5. The normalized spacial score (nSPS) is 16.2. The summed E-state index contributed by atoms with van der Waals surface area (Å²) in [6.07, 6.45) is -0.0182. The van der Waals surface area contributed by atoms with Crippen molar-refractivity contribution in [1.82, 2.24) is 4.90 Å². The number of thiophene rings is 1. The number of hydrogen-bond acceptors (Lipinski definition) is 4. The Morgan fingerprint density at radius 1 is 1.00 bits per heavy atom. The van der Waals surface area contributed by atoms with Crippen molar-refractivity contribution in [2.45, 2.75) is 32.9 Å². The number of hydrogen-bond donors (Lipinski definition) is 0. The van der Waals surface area contributed by atoms with Gasteiger partial charge < -0.3 is 4.90 Å². The van der Waals surface area contributed by atoms with Gasteiger partial charge in [0, 0.05) is 10.4 Å². The molecule has 0 spiro atoms. The van der Waals surface area contributed by atoms with Gasteiger partial charge >= 0.3 is 0 Å². The Morgan fingerprint density at radius 2 is 1.63 bits per heavy atom. The Morgan fingerprint density at radius 3 is 2.23 bits per heavy atom. The average molecular weight is 419 g/mol. The molecule has 1 unspecified atom stereocenters. The molecule has 0 bridgehead atoms. The molecule has 0 saturated carbocycles. The van der Waals surface area contributed by atoms with Gasteiger partial charge in [0.25, 0.3) is 11.8 Å². The molecule has 1 saturated heterocycles. The lowest BCUT2D eigenvalue weighted by Crippen LogP contribution is -2.45. The summed E-state index contributed by atoms with van der Waals surface area (Å²) in [5.74, 6) is -0.900. The second kappa shape index (κ2) is 8.24. The molecule has 4 rings (SSSR count).